The van der Waals surface area contributed by atoms with Crippen molar-refractivity contribution in [1.82, 2.24) is 4.72 Å². The summed E-state index contributed by atoms with van der Waals surface area (Å²) in [6, 6.07) is 9.24. The van der Waals surface area contributed by atoms with Crippen LogP contribution in [0.25, 0.3) is 0 Å². The maximum atomic E-state index is 12.5. The highest BCUT2D eigenvalue weighted by Crippen LogP contribution is 2.28. The molecule has 0 unspecified atom stereocenters. The first kappa shape index (κ1) is 20.2. The fraction of sp³-hybridized carbons (Fsp3) is 0.235. The lowest BCUT2D eigenvalue weighted by Gasteiger charge is -2.11. The maximum absolute atomic E-state index is 12.5. The lowest BCUT2D eigenvalue weighted by molar-refractivity contribution is 0.0599. The standard InChI is InChI=1S/C17H18BrNO6S/c1-23-15-7-4-11(8-16(15)24-2)10-19-26(21,22)12-5-6-14(18)13(9-12)17(20)25-3/h4-9,19H,10H2,1-3H3. The van der Waals surface area contributed by atoms with Crippen molar-refractivity contribution >= 4 is 31.9 Å². The number of halogens is 1. The van der Waals surface area contributed by atoms with Gasteiger partial charge in [0.15, 0.2) is 11.5 Å². The van der Waals surface area contributed by atoms with E-state index in [9.17, 15) is 13.2 Å². The van der Waals surface area contributed by atoms with Crippen LogP contribution in [0.15, 0.2) is 45.8 Å². The van der Waals surface area contributed by atoms with E-state index < -0.39 is 16.0 Å². The number of hydrogen-bond acceptors (Lipinski definition) is 6. The summed E-state index contributed by atoms with van der Waals surface area (Å²) in [6.07, 6.45) is 0. The molecule has 2 aromatic carbocycles. The summed E-state index contributed by atoms with van der Waals surface area (Å²) in [5.74, 6) is 0.421. The fourth-order valence-corrected chi connectivity index (χ4v) is 3.64. The van der Waals surface area contributed by atoms with Crippen LogP contribution in [0.2, 0.25) is 0 Å². The van der Waals surface area contributed by atoms with E-state index in [1.807, 2.05) is 0 Å². The molecule has 0 aromatic heterocycles. The van der Waals surface area contributed by atoms with Gasteiger partial charge in [0.2, 0.25) is 10.0 Å². The summed E-state index contributed by atoms with van der Waals surface area (Å²) in [5, 5.41) is 0. The molecular formula is C17H18BrNO6S. The zero-order valence-corrected chi connectivity index (χ0v) is 16.8. The van der Waals surface area contributed by atoms with Crippen molar-refractivity contribution in [2.75, 3.05) is 21.3 Å². The number of hydrogen-bond donors (Lipinski definition) is 1. The number of carbonyl (C=O) groups is 1. The summed E-state index contributed by atoms with van der Waals surface area (Å²) >= 11 is 3.20. The molecule has 0 aliphatic rings. The average Bonchev–Trinajstić information content (AvgIpc) is 2.65. The van der Waals surface area contributed by atoms with Gasteiger partial charge >= 0.3 is 5.97 Å². The number of benzene rings is 2. The molecule has 0 amide bonds. The third kappa shape index (κ3) is 4.54. The van der Waals surface area contributed by atoms with Crippen molar-refractivity contribution in [1.29, 1.82) is 0 Å². The van der Waals surface area contributed by atoms with Crippen LogP contribution in [0.4, 0.5) is 0 Å². The van der Waals surface area contributed by atoms with E-state index in [0.717, 1.165) is 0 Å². The molecule has 2 aromatic rings. The summed E-state index contributed by atoms with van der Waals surface area (Å²) in [4.78, 5) is 11.7. The lowest BCUT2D eigenvalue weighted by Crippen LogP contribution is -2.23. The van der Waals surface area contributed by atoms with Crippen LogP contribution in [0.3, 0.4) is 0 Å². The normalized spacial score (nSPS) is 11.1. The van der Waals surface area contributed by atoms with Crippen molar-refractivity contribution in [3.05, 3.63) is 52.0 Å². The fourth-order valence-electron chi connectivity index (χ4n) is 2.19. The Morgan fingerprint density at radius 3 is 2.35 bits per heavy atom. The second kappa shape index (κ2) is 8.52. The van der Waals surface area contributed by atoms with Crippen LogP contribution in [0.1, 0.15) is 15.9 Å². The SMILES string of the molecule is COC(=O)c1cc(S(=O)(=O)NCc2ccc(OC)c(OC)c2)ccc1Br. The number of methoxy groups -OCH3 is 3. The molecule has 0 saturated heterocycles. The van der Waals surface area contributed by atoms with Gasteiger partial charge in [-0.05, 0) is 51.8 Å². The Morgan fingerprint density at radius 2 is 1.73 bits per heavy atom. The van der Waals surface area contributed by atoms with Crippen molar-refractivity contribution < 1.29 is 27.4 Å². The van der Waals surface area contributed by atoms with Crippen LogP contribution in [0, 0.1) is 0 Å². The van der Waals surface area contributed by atoms with Gasteiger partial charge in [0, 0.05) is 11.0 Å². The molecule has 0 radical (unpaired) electrons. The number of ether oxygens (including phenoxy) is 3. The van der Waals surface area contributed by atoms with E-state index in [1.54, 1.807) is 18.2 Å². The summed E-state index contributed by atoms with van der Waals surface area (Å²) in [5.41, 5.74) is 0.818. The first-order valence-electron chi connectivity index (χ1n) is 7.40. The Bertz CT molecular complexity index is 913. The van der Waals surface area contributed by atoms with Gasteiger partial charge in [0.1, 0.15) is 0 Å². The molecule has 0 saturated carbocycles. The Kier molecular flexibility index (Phi) is 6.63. The highest BCUT2D eigenvalue weighted by atomic mass is 79.9. The minimum absolute atomic E-state index is 0.0402. The van der Waals surface area contributed by atoms with Crippen molar-refractivity contribution in [2.45, 2.75) is 11.4 Å². The predicted octanol–water partition coefficient (Wildman–Crippen LogP) is 2.73. The van der Waals surface area contributed by atoms with Crippen molar-refractivity contribution in [3.8, 4) is 11.5 Å². The first-order chi connectivity index (χ1) is 12.3. The van der Waals surface area contributed by atoms with Crippen molar-refractivity contribution in [3.63, 3.8) is 0 Å². The van der Waals surface area contributed by atoms with Crippen LogP contribution in [-0.4, -0.2) is 35.7 Å². The van der Waals surface area contributed by atoms with Gasteiger partial charge < -0.3 is 14.2 Å². The van der Waals surface area contributed by atoms with E-state index in [4.69, 9.17) is 9.47 Å². The molecule has 140 valence electrons. The minimum atomic E-state index is -3.83. The van der Waals surface area contributed by atoms with Crippen LogP contribution in [-0.2, 0) is 21.3 Å². The van der Waals surface area contributed by atoms with Gasteiger partial charge in [-0.3, -0.25) is 0 Å². The number of esters is 1. The molecule has 26 heavy (non-hydrogen) atoms. The summed E-state index contributed by atoms with van der Waals surface area (Å²) < 4.78 is 43.0. The highest BCUT2D eigenvalue weighted by Gasteiger charge is 2.19. The summed E-state index contributed by atoms with van der Waals surface area (Å²) in [7, 11) is 0.424. The smallest absolute Gasteiger partial charge is 0.339 e. The zero-order valence-electron chi connectivity index (χ0n) is 14.4. The largest absolute Gasteiger partial charge is 0.493 e. The van der Waals surface area contributed by atoms with E-state index in [1.165, 1.54) is 39.5 Å². The number of carbonyl (C=O) groups excluding carboxylic acids is 1. The molecule has 2 rings (SSSR count). The number of nitrogens with one attached hydrogen (secondary N) is 1. The molecule has 0 fully saturated rings. The molecule has 0 bridgehead atoms. The van der Waals surface area contributed by atoms with E-state index in [0.29, 0.717) is 21.5 Å². The van der Waals surface area contributed by atoms with Crippen LogP contribution < -0.4 is 14.2 Å². The highest BCUT2D eigenvalue weighted by molar-refractivity contribution is 9.10. The number of rotatable bonds is 7. The van der Waals surface area contributed by atoms with E-state index >= 15 is 0 Å². The van der Waals surface area contributed by atoms with Crippen molar-refractivity contribution in [2.24, 2.45) is 0 Å². The quantitative estimate of drug-likeness (QED) is 0.661. The third-order valence-corrected chi connectivity index (χ3v) is 5.66. The monoisotopic (exact) mass is 443 g/mol. The van der Waals surface area contributed by atoms with Gasteiger partial charge in [-0.15, -0.1) is 0 Å². The average molecular weight is 444 g/mol. The first-order valence-corrected chi connectivity index (χ1v) is 9.68. The second-order valence-electron chi connectivity index (χ2n) is 5.15. The molecule has 0 aliphatic carbocycles. The van der Waals surface area contributed by atoms with Gasteiger partial charge in [-0.2, -0.15) is 0 Å². The second-order valence-corrected chi connectivity index (χ2v) is 7.77. The Labute approximate surface area is 160 Å². The molecule has 0 atom stereocenters. The minimum Gasteiger partial charge on any atom is -0.493 e. The molecular weight excluding hydrogens is 426 g/mol. The number of sulfonamides is 1. The maximum Gasteiger partial charge on any atom is 0.339 e. The van der Waals surface area contributed by atoms with Gasteiger partial charge in [-0.1, -0.05) is 6.07 Å². The molecule has 0 heterocycles. The van der Waals surface area contributed by atoms with E-state index in [2.05, 4.69) is 25.4 Å². The molecule has 0 spiro atoms. The van der Waals surface area contributed by atoms with Gasteiger partial charge in [0.05, 0.1) is 31.8 Å². The lowest BCUT2D eigenvalue weighted by atomic mass is 10.2. The summed E-state index contributed by atoms with van der Waals surface area (Å²) in [6.45, 7) is 0.0479. The molecule has 1 N–H and O–H groups in total. The molecule has 7 nitrogen and oxygen atoms in total. The molecule has 9 heteroatoms. The Hall–Kier alpha value is -2.10. The topological polar surface area (TPSA) is 90.9 Å². The zero-order chi connectivity index (χ0) is 19.3. The Balaban J connectivity index is 2.23. The van der Waals surface area contributed by atoms with Crippen LogP contribution >= 0.6 is 15.9 Å². The molecule has 0 aliphatic heterocycles. The van der Waals surface area contributed by atoms with Gasteiger partial charge in [-0.25, -0.2) is 17.9 Å². The van der Waals surface area contributed by atoms with E-state index in [-0.39, 0.29) is 17.0 Å². The van der Waals surface area contributed by atoms with Crippen LogP contribution in [0.5, 0.6) is 11.5 Å². The predicted molar refractivity (Wildman–Crippen MR) is 99.1 cm³/mol. The Morgan fingerprint density at radius 1 is 1.04 bits per heavy atom. The third-order valence-electron chi connectivity index (χ3n) is 3.57. The van der Waals surface area contributed by atoms with Gasteiger partial charge in [0.25, 0.3) is 0 Å².